The monoisotopic (exact) mass is 211 g/mol. The van der Waals surface area contributed by atoms with Crippen molar-refractivity contribution in [2.75, 3.05) is 5.75 Å². The second kappa shape index (κ2) is 3.06. The lowest BCUT2D eigenvalue weighted by atomic mass is 10.6. The molecule has 0 unspecified atom stereocenters. The fraction of sp³-hybridized carbons (Fsp3) is 0.250. The van der Waals surface area contributed by atoms with Crippen molar-refractivity contribution < 1.29 is 8.42 Å². The van der Waals surface area contributed by atoms with E-state index in [0.717, 1.165) is 0 Å². The first-order valence-electron chi connectivity index (χ1n) is 4.16. The summed E-state index contributed by atoms with van der Waals surface area (Å²) >= 11 is 0. The van der Waals surface area contributed by atoms with Crippen LogP contribution in [0.2, 0.25) is 0 Å². The van der Waals surface area contributed by atoms with E-state index in [1.807, 2.05) is 0 Å². The van der Waals surface area contributed by atoms with Crippen LogP contribution in [0.1, 0.15) is 6.92 Å². The van der Waals surface area contributed by atoms with Crippen molar-refractivity contribution in [3.63, 3.8) is 0 Å². The number of sulfone groups is 1. The van der Waals surface area contributed by atoms with Gasteiger partial charge in [0.15, 0.2) is 20.5 Å². The molecule has 0 N–H and O–H groups in total. The summed E-state index contributed by atoms with van der Waals surface area (Å²) in [6, 6.07) is 3.42. The molecule has 0 aliphatic carbocycles. The van der Waals surface area contributed by atoms with E-state index in [4.69, 9.17) is 0 Å². The number of imidazole rings is 1. The fourth-order valence-electron chi connectivity index (χ4n) is 1.11. The van der Waals surface area contributed by atoms with Crippen molar-refractivity contribution in [1.29, 1.82) is 0 Å². The molecule has 74 valence electrons. The molecular formula is C8H9N3O2S. The third-order valence-corrected chi connectivity index (χ3v) is 3.51. The van der Waals surface area contributed by atoms with E-state index in [1.54, 1.807) is 25.3 Å². The smallest absolute Gasteiger partial charge is 0.196 e. The van der Waals surface area contributed by atoms with Gasteiger partial charge in [-0.05, 0) is 12.1 Å². The average molecular weight is 211 g/mol. The second-order valence-electron chi connectivity index (χ2n) is 2.81. The number of hydrogen-bond acceptors (Lipinski definition) is 4. The Morgan fingerprint density at radius 1 is 1.50 bits per heavy atom. The first kappa shape index (κ1) is 9.14. The number of aromatic nitrogens is 3. The summed E-state index contributed by atoms with van der Waals surface area (Å²) < 4.78 is 24.4. The summed E-state index contributed by atoms with van der Waals surface area (Å²) in [7, 11) is -3.23. The van der Waals surface area contributed by atoms with Gasteiger partial charge in [0.25, 0.3) is 0 Å². The second-order valence-corrected chi connectivity index (χ2v) is 5.03. The molecule has 0 atom stereocenters. The standard InChI is InChI=1S/C8H9N3O2S/c1-2-14(12,13)8-6-11-7(10-8)4-3-5-9-11/h3-6H,2H2,1H3. The SMILES string of the molecule is CCS(=O)(=O)c1cn2ncccc2n1. The predicted octanol–water partition coefficient (Wildman–Crippen LogP) is 0.523. The van der Waals surface area contributed by atoms with Crippen LogP contribution in [0.4, 0.5) is 0 Å². The van der Waals surface area contributed by atoms with E-state index in [-0.39, 0.29) is 10.8 Å². The van der Waals surface area contributed by atoms with Gasteiger partial charge in [0, 0.05) is 6.20 Å². The van der Waals surface area contributed by atoms with Crippen molar-refractivity contribution in [3.05, 3.63) is 24.5 Å². The van der Waals surface area contributed by atoms with Crippen molar-refractivity contribution in [1.82, 2.24) is 14.6 Å². The quantitative estimate of drug-likeness (QED) is 0.726. The molecule has 2 rings (SSSR count). The molecule has 2 aromatic heterocycles. The lowest BCUT2D eigenvalue weighted by molar-refractivity contribution is 0.594. The Morgan fingerprint density at radius 3 is 2.93 bits per heavy atom. The molecule has 0 aliphatic heterocycles. The molecule has 0 radical (unpaired) electrons. The van der Waals surface area contributed by atoms with Gasteiger partial charge in [-0.15, -0.1) is 0 Å². The Morgan fingerprint density at radius 2 is 2.29 bits per heavy atom. The fourth-order valence-corrected chi connectivity index (χ4v) is 1.90. The highest BCUT2D eigenvalue weighted by atomic mass is 32.2. The van der Waals surface area contributed by atoms with Crippen molar-refractivity contribution in [2.24, 2.45) is 0 Å². The number of nitrogens with zero attached hydrogens (tertiary/aromatic N) is 3. The molecule has 2 aromatic rings. The highest BCUT2D eigenvalue weighted by Gasteiger charge is 2.15. The third kappa shape index (κ3) is 1.37. The van der Waals surface area contributed by atoms with E-state index in [0.29, 0.717) is 5.65 Å². The molecule has 0 amide bonds. The first-order valence-corrected chi connectivity index (χ1v) is 5.82. The molecule has 0 bridgehead atoms. The van der Waals surface area contributed by atoms with Crippen LogP contribution < -0.4 is 0 Å². The van der Waals surface area contributed by atoms with Gasteiger partial charge < -0.3 is 0 Å². The van der Waals surface area contributed by atoms with E-state index in [9.17, 15) is 8.42 Å². The molecule has 0 fully saturated rings. The van der Waals surface area contributed by atoms with Gasteiger partial charge in [0.05, 0.1) is 11.9 Å². The van der Waals surface area contributed by atoms with Gasteiger partial charge in [0.1, 0.15) is 0 Å². The zero-order valence-electron chi connectivity index (χ0n) is 7.58. The normalized spacial score (nSPS) is 12.1. The Labute approximate surface area is 81.3 Å². The summed E-state index contributed by atoms with van der Waals surface area (Å²) in [6.45, 7) is 1.59. The number of fused-ring (bicyclic) bond motifs is 1. The van der Waals surface area contributed by atoms with E-state index in [2.05, 4.69) is 10.1 Å². The van der Waals surface area contributed by atoms with Gasteiger partial charge in [-0.1, -0.05) is 6.92 Å². The maximum absolute atomic E-state index is 11.5. The maximum Gasteiger partial charge on any atom is 0.196 e. The van der Waals surface area contributed by atoms with Gasteiger partial charge in [-0.3, -0.25) is 0 Å². The van der Waals surface area contributed by atoms with E-state index in [1.165, 1.54) is 10.7 Å². The van der Waals surface area contributed by atoms with E-state index < -0.39 is 9.84 Å². The molecular weight excluding hydrogens is 202 g/mol. The molecule has 6 heteroatoms. The minimum Gasteiger partial charge on any atom is -0.222 e. The third-order valence-electron chi connectivity index (χ3n) is 1.91. The molecule has 2 heterocycles. The molecule has 0 saturated carbocycles. The molecule has 0 saturated heterocycles. The summed E-state index contributed by atoms with van der Waals surface area (Å²) in [5.74, 6) is 0.0525. The Bertz CT molecular complexity index is 526. The summed E-state index contributed by atoms with van der Waals surface area (Å²) in [6.07, 6.45) is 3.01. The Balaban J connectivity index is 2.67. The van der Waals surface area contributed by atoms with Crippen LogP contribution in [0.25, 0.3) is 5.65 Å². The number of rotatable bonds is 2. The minimum atomic E-state index is -3.23. The van der Waals surface area contributed by atoms with Crippen molar-refractivity contribution in [3.8, 4) is 0 Å². The lowest BCUT2D eigenvalue weighted by Crippen LogP contribution is -2.03. The Hall–Kier alpha value is -1.43. The highest BCUT2D eigenvalue weighted by Crippen LogP contribution is 2.10. The average Bonchev–Trinajstić information content (AvgIpc) is 2.61. The summed E-state index contributed by atoms with van der Waals surface area (Å²) in [5, 5.41) is 4.02. The predicted molar refractivity (Wildman–Crippen MR) is 50.7 cm³/mol. The van der Waals surface area contributed by atoms with Crippen LogP contribution in [0.3, 0.4) is 0 Å². The minimum absolute atomic E-state index is 0.0525. The Kier molecular flexibility index (Phi) is 1.99. The largest absolute Gasteiger partial charge is 0.222 e. The van der Waals surface area contributed by atoms with Crippen LogP contribution in [-0.4, -0.2) is 28.8 Å². The van der Waals surface area contributed by atoms with Gasteiger partial charge >= 0.3 is 0 Å². The molecule has 0 aliphatic rings. The van der Waals surface area contributed by atoms with Crippen LogP contribution in [0.15, 0.2) is 29.6 Å². The van der Waals surface area contributed by atoms with Gasteiger partial charge in [0.2, 0.25) is 0 Å². The first-order chi connectivity index (χ1) is 6.63. The van der Waals surface area contributed by atoms with Crippen LogP contribution in [0.5, 0.6) is 0 Å². The van der Waals surface area contributed by atoms with Crippen molar-refractivity contribution >= 4 is 15.5 Å². The van der Waals surface area contributed by atoms with E-state index >= 15 is 0 Å². The van der Waals surface area contributed by atoms with Gasteiger partial charge in [-0.2, -0.15) is 5.10 Å². The summed E-state index contributed by atoms with van der Waals surface area (Å²) in [5.41, 5.74) is 0.541. The zero-order chi connectivity index (χ0) is 10.2. The molecule has 0 spiro atoms. The van der Waals surface area contributed by atoms with Crippen molar-refractivity contribution in [2.45, 2.75) is 11.9 Å². The zero-order valence-corrected chi connectivity index (χ0v) is 8.40. The topological polar surface area (TPSA) is 64.3 Å². The molecule has 14 heavy (non-hydrogen) atoms. The number of hydrogen-bond donors (Lipinski definition) is 0. The van der Waals surface area contributed by atoms with Crippen LogP contribution in [0, 0.1) is 0 Å². The molecule has 0 aromatic carbocycles. The van der Waals surface area contributed by atoms with Gasteiger partial charge in [-0.25, -0.2) is 17.9 Å². The molecule has 5 nitrogen and oxygen atoms in total. The van der Waals surface area contributed by atoms with Crippen LogP contribution in [-0.2, 0) is 9.84 Å². The highest BCUT2D eigenvalue weighted by molar-refractivity contribution is 7.91. The van der Waals surface area contributed by atoms with Crippen LogP contribution >= 0.6 is 0 Å². The summed E-state index contributed by atoms with van der Waals surface area (Å²) in [4.78, 5) is 3.97. The lowest BCUT2D eigenvalue weighted by Gasteiger charge is -1.91. The maximum atomic E-state index is 11.5.